The largest absolute Gasteiger partial charge is 0.456 e. The lowest BCUT2D eigenvalue weighted by Crippen LogP contribution is -2.03. The van der Waals surface area contributed by atoms with Crippen molar-refractivity contribution in [1.82, 2.24) is 19.1 Å². The van der Waals surface area contributed by atoms with Crippen LogP contribution in [0.25, 0.3) is 131 Å². The Labute approximate surface area is 370 Å². The molecular weight excluding hydrogens is 801 g/mol. The highest BCUT2D eigenvalue weighted by molar-refractivity contribution is 7.22. The third-order valence-corrected chi connectivity index (χ3v) is 14.1. The van der Waals surface area contributed by atoms with Gasteiger partial charge in [-0.05, 0) is 82.7 Å². The number of hydrogen-bond acceptors (Lipinski definition) is 4. The molecule has 0 radical (unpaired) electrons. The maximum Gasteiger partial charge on any atom is 0.235 e. The van der Waals surface area contributed by atoms with Crippen LogP contribution in [0.1, 0.15) is 0 Å². The molecule has 0 aliphatic heterocycles. The van der Waals surface area contributed by atoms with Gasteiger partial charge in [0.2, 0.25) is 5.95 Å². The third kappa shape index (κ3) is 5.24. The molecular formula is C58H34N4OS. The molecule has 0 aliphatic rings. The van der Waals surface area contributed by atoms with Crippen LogP contribution in [0.3, 0.4) is 0 Å². The van der Waals surface area contributed by atoms with Crippen LogP contribution in [0.4, 0.5) is 0 Å². The molecule has 0 atom stereocenters. The van der Waals surface area contributed by atoms with Crippen LogP contribution >= 0.6 is 11.3 Å². The minimum Gasteiger partial charge on any atom is -0.456 e. The molecule has 5 aromatic heterocycles. The minimum absolute atomic E-state index is 0.656. The smallest absolute Gasteiger partial charge is 0.235 e. The molecule has 64 heavy (non-hydrogen) atoms. The van der Waals surface area contributed by atoms with Crippen molar-refractivity contribution in [1.29, 1.82) is 0 Å². The lowest BCUT2D eigenvalue weighted by molar-refractivity contribution is 0.669. The number of benzene rings is 9. The number of aromatic nitrogens is 4. The summed E-state index contributed by atoms with van der Waals surface area (Å²) in [4.78, 5) is 12.1. The Balaban J connectivity index is 0.977. The van der Waals surface area contributed by atoms with Gasteiger partial charge in [0.25, 0.3) is 0 Å². The van der Waals surface area contributed by atoms with Gasteiger partial charge in [0.15, 0.2) is 0 Å². The molecule has 5 nitrogen and oxygen atoms in total. The van der Waals surface area contributed by atoms with Gasteiger partial charge in [0.05, 0.1) is 38.0 Å². The fourth-order valence-corrected chi connectivity index (χ4v) is 11.1. The van der Waals surface area contributed by atoms with Crippen LogP contribution in [-0.4, -0.2) is 19.1 Å². The van der Waals surface area contributed by atoms with Crippen molar-refractivity contribution in [2.24, 2.45) is 0 Å². The zero-order chi connectivity index (χ0) is 41.9. The maximum atomic E-state index is 6.21. The lowest BCUT2D eigenvalue weighted by atomic mass is 10.00. The Morgan fingerprint density at radius 2 is 1.03 bits per heavy atom. The first-order chi connectivity index (χ1) is 31.7. The Kier molecular flexibility index (Phi) is 7.49. The topological polar surface area (TPSA) is 48.8 Å². The number of thiophene rings is 1. The van der Waals surface area contributed by atoms with E-state index in [2.05, 4.69) is 203 Å². The van der Waals surface area contributed by atoms with Gasteiger partial charge in [-0.3, -0.25) is 4.57 Å². The summed E-state index contributed by atoms with van der Waals surface area (Å²) in [6.07, 6.45) is 0. The van der Waals surface area contributed by atoms with E-state index in [1.54, 1.807) is 11.3 Å². The molecule has 0 aliphatic carbocycles. The summed E-state index contributed by atoms with van der Waals surface area (Å²) in [5, 5.41) is 9.31. The van der Waals surface area contributed by atoms with E-state index in [4.69, 9.17) is 14.4 Å². The van der Waals surface area contributed by atoms with Gasteiger partial charge in [0, 0.05) is 53.8 Å². The van der Waals surface area contributed by atoms with Crippen molar-refractivity contribution in [2.45, 2.75) is 0 Å². The third-order valence-electron chi connectivity index (χ3n) is 12.9. The lowest BCUT2D eigenvalue weighted by Gasteiger charge is -2.11. The molecule has 0 saturated carbocycles. The van der Waals surface area contributed by atoms with Gasteiger partial charge in [0.1, 0.15) is 11.2 Å². The average Bonchev–Trinajstić information content (AvgIpc) is 4.13. The standard InChI is InChI=1S/C58H34N4OS/c1-3-14-36(15-4-1)54-34-48-57(64-54)55(37-16-5-2-6-17-37)60-58(59-48)62-51-29-25-39(32-46(51)44-27-23-35-13-7-8-18-41(35)56(44)62)38-24-28-50-45(31-38)42-19-9-11-21-49(42)61(50)40-26-30-53-47(33-40)43-20-10-12-22-52(43)63-53/h1-34H. The summed E-state index contributed by atoms with van der Waals surface area (Å²) >= 11 is 1.75. The average molecular weight is 835 g/mol. The molecule has 14 rings (SSSR count). The number of nitrogens with zero attached hydrogens (tertiary/aromatic N) is 4. The van der Waals surface area contributed by atoms with Crippen LogP contribution in [0.2, 0.25) is 0 Å². The van der Waals surface area contributed by atoms with Gasteiger partial charge < -0.3 is 8.98 Å². The molecule has 0 spiro atoms. The monoisotopic (exact) mass is 834 g/mol. The van der Waals surface area contributed by atoms with E-state index < -0.39 is 0 Å². The molecule has 0 bridgehead atoms. The minimum atomic E-state index is 0.656. The van der Waals surface area contributed by atoms with Crippen molar-refractivity contribution < 1.29 is 4.42 Å². The molecule has 0 unspecified atom stereocenters. The van der Waals surface area contributed by atoms with Gasteiger partial charge in [-0.2, -0.15) is 0 Å². The van der Waals surface area contributed by atoms with Crippen molar-refractivity contribution in [3.05, 3.63) is 206 Å². The molecule has 0 amide bonds. The second-order valence-electron chi connectivity index (χ2n) is 16.5. The second-order valence-corrected chi connectivity index (χ2v) is 17.6. The van der Waals surface area contributed by atoms with Crippen molar-refractivity contribution in [3.63, 3.8) is 0 Å². The highest BCUT2D eigenvalue weighted by atomic mass is 32.1. The molecule has 0 fully saturated rings. The van der Waals surface area contributed by atoms with E-state index >= 15 is 0 Å². The Hall–Kier alpha value is -8.32. The number of para-hydroxylation sites is 2. The first-order valence-corrected chi connectivity index (χ1v) is 22.4. The quantitative estimate of drug-likeness (QED) is 0.174. The zero-order valence-corrected chi connectivity index (χ0v) is 35.1. The summed E-state index contributed by atoms with van der Waals surface area (Å²) < 4.78 is 12.0. The summed E-state index contributed by atoms with van der Waals surface area (Å²) in [6.45, 7) is 0. The Morgan fingerprint density at radius 3 is 1.84 bits per heavy atom. The highest BCUT2D eigenvalue weighted by Crippen LogP contribution is 2.43. The highest BCUT2D eigenvalue weighted by Gasteiger charge is 2.22. The summed E-state index contributed by atoms with van der Waals surface area (Å²) in [5.41, 5.74) is 13.8. The van der Waals surface area contributed by atoms with Gasteiger partial charge in [-0.25, -0.2) is 9.97 Å². The first kappa shape index (κ1) is 35.3. The van der Waals surface area contributed by atoms with Crippen LogP contribution in [0.5, 0.6) is 0 Å². The molecule has 5 heterocycles. The van der Waals surface area contributed by atoms with Crippen molar-refractivity contribution in [2.75, 3.05) is 0 Å². The molecule has 6 heteroatoms. The number of fused-ring (bicyclic) bond motifs is 12. The molecule has 0 N–H and O–H groups in total. The van der Waals surface area contributed by atoms with E-state index in [1.165, 1.54) is 32.1 Å². The van der Waals surface area contributed by atoms with Gasteiger partial charge in [-0.1, -0.05) is 146 Å². The van der Waals surface area contributed by atoms with Gasteiger partial charge >= 0.3 is 0 Å². The van der Waals surface area contributed by atoms with E-state index in [0.29, 0.717) is 5.95 Å². The number of hydrogen-bond donors (Lipinski definition) is 0. The Morgan fingerprint density at radius 1 is 0.391 bits per heavy atom. The zero-order valence-electron chi connectivity index (χ0n) is 34.2. The van der Waals surface area contributed by atoms with Crippen LogP contribution < -0.4 is 0 Å². The molecule has 0 saturated heterocycles. The predicted molar refractivity (Wildman–Crippen MR) is 267 cm³/mol. The van der Waals surface area contributed by atoms with Crippen LogP contribution in [0.15, 0.2) is 211 Å². The van der Waals surface area contributed by atoms with Crippen LogP contribution in [-0.2, 0) is 0 Å². The molecule has 298 valence electrons. The summed E-state index contributed by atoms with van der Waals surface area (Å²) in [5.74, 6) is 0.656. The van der Waals surface area contributed by atoms with E-state index in [1.807, 2.05) is 12.1 Å². The van der Waals surface area contributed by atoms with Crippen LogP contribution in [0, 0.1) is 0 Å². The maximum absolute atomic E-state index is 6.21. The van der Waals surface area contributed by atoms with Gasteiger partial charge in [-0.15, -0.1) is 11.3 Å². The summed E-state index contributed by atoms with van der Waals surface area (Å²) in [7, 11) is 0. The predicted octanol–water partition coefficient (Wildman–Crippen LogP) is 15.9. The fraction of sp³-hybridized carbons (Fsp3) is 0. The number of rotatable bonds is 5. The van der Waals surface area contributed by atoms with E-state index in [-0.39, 0.29) is 0 Å². The normalized spacial score (nSPS) is 12.1. The first-order valence-electron chi connectivity index (χ1n) is 21.6. The number of furan rings is 1. The van der Waals surface area contributed by atoms with Crippen molar-refractivity contribution >= 4 is 97.9 Å². The molecule has 14 aromatic rings. The summed E-state index contributed by atoms with van der Waals surface area (Å²) in [6, 6.07) is 73.8. The van der Waals surface area contributed by atoms with E-state index in [9.17, 15) is 0 Å². The molecule has 9 aromatic carbocycles. The fourth-order valence-electron chi connectivity index (χ4n) is 10.0. The second kappa shape index (κ2) is 13.6. The van der Waals surface area contributed by atoms with Crippen molar-refractivity contribution in [3.8, 4) is 44.5 Å². The van der Waals surface area contributed by atoms with E-state index in [0.717, 1.165) is 92.9 Å². The Bertz CT molecular complexity index is 4190. The SMILES string of the molecule is c1ccc(-c2cc3nc(-n4c5ccc(-c6ccc7c(c6)c6ccccc6n7-c6ccc7oc8ccccc8c7c6)cc5c5ccc6ccccc6c54)nc(-c4ccccc4)c3s2)cc1.